The van der Waals surface area contributed by atoms with Gasteiger partial charge in [0.15, 0.2) is 0 Å². The second-order valence-electron chi connectivity index (χ2n) is 6.68. The first-order valence-electron chi connectivity index (χ1n) is 9.28. The zero-order valence-electron chi connectivity index (χ0n) is 16.4. The highest BCUT2D eigenvalue weighted by Crippen LogP contribution is 2.32. The molecule has 1 aliphatic rings. The number of carbonyl (C=O) groups is 2. The lowest BCUT2D eigenvalue weighted by Gasteiger charge is -2.20. The van der Waals surface area contributed by atoms with Crippen molar-refractivity contribution in [1.29, 1.82) is 0 Å². The molecule has 2 amide bonds. The van der Waals surface area contributed by atoms with Crippen LogP contribution in [0.1, 0.15) is 11.1 Å². The number of hydrogen-bond donors (Lipinski definition) is 1. The van der Waals surface area contributed by atoms with E-state index in [9.17, 15) is 18.4 Å². The molecule has 0 saturated carbocycles. The van der Waals surface area contributed by atoms with E-state index >= 15 is 0 Å². The molecular formula is C22H17F2N3O3S. The Kier molecular flexibility index (Phi) is 5.77. The van der Waals surface area contributed by atoms with Crippen LogP contribution >= 0.6 is 11.3 Å². The number of hydrogen-bond acceptors (Lipinski definition) is 5. The van der Waals surface area contributed by atoms with E-state index in [1.165, 1.54) is 16.2 Å². The summed E-state index contributed by atoms with van der Waals surface area (Å²) < 4.78 is 32.4. The minimum absolute atomic E-state index is 0.148. The molecule has 1 aromatic heterocycles. The first kappa shape index (κ1) is 20.7. The number of aliphatic imine (C=N–C) groups is 1. The number of anilines is 2. The van der Waals surface area contributed by atoms with E-state index in [1.807, 2.05) is 18.2 Å². The van der Waals surface area contributed by atoms with Crippen molar-refractivity contribution in [2.75, 3.05) is 30.4 Å². The molecule has 2 heterocycles. The second-order valence-corrected chi connectivity index (χ2v) is 7.58. The number of fused-ring (bicyclic) bond motifs is 1. The van der Waals surface area contributed by atoms with Crippen molar-refractivity contribution < 1.29 is 23.1 Å². The van der Waals surface area contributed by atoms with Crippen LogP contribution in [0.3, 0.4) is 0 Å². The number of amides is 2. The number of nitrogens with zero attached hydrogens (tertiary/aromatic N) is 2. The fraction of sp³-hybridized carbons (Fsp3) is 0.136. The first-order valence-corrected chi connectivity index (χ1v) is 10.2. The van der Waals surface area contributed by atoms with Crippen LogP contribution in [0.4, 0.5) is 19.5 Å². The van der Waals surface area contributed by atoms with Gasteiger partial charge in [-0.25, -0.2) is 8.78 Å². The molecule has 31 heavy (non-hydrogen) atoms. The van der Waals surface area contributed by atoms with Gasteiger partial charge in [0.2, 0.25) is 11.8 Å². The minimum atomic E-state index is -0.765. The number of benzene rings is 2. The molecule has 2 aromatic carbocycles. The molecule has 4 rings (SSSR count). The molecule has 9 heteroatoms. The molecule has 158 valence electrons. The van der Waals surface area contributed by atoms with Crippen LogP contribution in [0.25, 0.3) is 0 Å². The number of thiophene rings is 1. The van der Waals surface area contributed by atoms with Gasteiger partial charge in [-0.3, -0.25) is 19.5 Å². The van der Waals surface area contributed by atoms with Crippen molar-refractivity contribution in [3.63, 3.8) is 0 Å². The van der Waals surface area contributed by atoms with Crippen LogP contribution in [0.2, 0.25) is 0 Å². The van der Waals surface area contributed by atoms with E-state index in [0.29, 0.717) is 22.0 Å². The highest BCUT2D eigenvalue weighted by molar-refractivity contribution is 7.15. The van der Waals surface area contributed by atoms with Crippen molar-refractivity contribution in [3.8, 4) is 5.75 Å². The van der Waals surface area contributed by atoms with E-state index in [1.54, 1.807) is 24.6 Å². The van der Waals surface area contributed by atoms with Crippen LogP contribution in [-0.2, 0) is 9.59 Å². The molecule has 0 aliphatic carbocycles. The highest BCUT2D eigenvalue weighted by atomic mass is 32.1. The van der Waals surface area contributed by atoms with Gasteiger partial charge < -0.3 is 10.1 Å². The lowest BCUT2D eigenvalue weighted by molar-refractivity contribution is -0.120. The summed E-state index contributed by atoms with van der Waals surface area (Å²) in [7, 11) is 1.58. The molecule has 0 bridgehead atoms. The maximum atomic E-state index is 13.8. The zero-order chi connectivity index (χ0) is 22.0. The molecule has 0 atom stereocenters. The van der Waals surface area contributed by atoms with Crippen molar-refractivity contribution >= 4 is 39.6 Å². The summed E-state index contributed by atoms with van der Waals surface area (Å²) in [4.78, 5) is 31.0. The van der Waals surface area contributed by atoms with Crippen LogP contribution in [-0.4, -0.2) is 37.7 Å². The third-order valence-electron chi connectivity index (χ3n) is 4.69. The zero-order valence-corrected chi connectivity index (χ0v) is 17.2. The van der Waals surface area contributed by atoms with Gasteiger partial charge in [-0.1, -0.05) is 0 Å². The Hall–Kier alpha value is -3.59. The quantitative estimate of drug-likeness (QED) is 0.654. The average molecular weight is 441 g/mol. The fourth-order valence-electron chi connectivity index (χ4n) is 3.20. The fourth-order valence-corrected chi connectivity index (χ4v) is 4.12. The van der Waals surface area contributed by atoms with Crippen molar-refractivity contribution in [2.45, 2.75) is 0 Å². The minimum Gasteiger partial charge on any atom is -0.497 e. The Morgan fingerprint density at radius 1 is 1.19 bits per heavy atom. The van der Waals surface area contributed by atoms with Crippen LogP contribution < -0.4 is 15.0 Å². The van der Waals surface area contributed by atoms with Gasteiger partial charge in [0.25, 0.3) is 0 Å². The smallest absolute Gasteiger partial charge is 0.249 e. The van der Waals surface area contributed by atoms with Gasteiger partial charge in [-0.15, -0.1) is 11.3 Å². The van der Waals surface area contributed by atoms with Gasteiger partial charge >= 0.3 is 0 Å². The first-order chi connectivity index (χ1) is 15.0. The van der Waals surface area contributed by atoms with Crippen LogP contribution in [0, 0.1) is 11.6 Å². The van der Waals surface area contributed by atoms with Crippen molar-refractivity contribution in [1.82, 2.24) is 0 Å². The Labute approximate surface area is 180 Å². The van der Waals surface area contributed by atoms with E-state index in [4.69, 9.17) is 4.74 Å². The molecule has 3 aromatic rings. The number of carbonyl (C=O) groups excluding carboxylic acids is 2. The van der Waals surface area contributed by atoms with Crippen molar-refractivity contribution in [3.05, 3.63) is 76.7 Å². The molecule has 0 unspecified atom stereocenters. The monoisotopic (exact) mass is 441 g/mol. The molecule has 6 nitrogen and oxygen atoms in total. The summed E-state index contributed by atoms with van der Waals surface area (Å²) in [6, 6.07) is 11.9. The number of halogens is 2. The lowest BCUT2D eigenvalue weighted by atomic mass is 10.0. The Morgan fingerprint density at radius 2 is 1.97 bits per heavy atom. The van der Waals surface area contributed by atoms with Gasteiger partial charge in [0.1, 0.15) is 35.5 Å². The molecule has 1 N–H and O–H groups in total. The van der Waals surface area contributed by atoms with Crippen LogP contribution in [0.15, 0.2) is 58.9 Å². The van der Waals surface area contributed by atoms with E-state index in [0.717, 1.165) is 23.8 Å². The van der Waals surface area contributed by atoms with E-state index in [-0.39, 0.29) is 24.7 Å². The summed E-state index contributed by atoms with van der Waals surface area (Å²) in [6.45, 7) is -0.502. The summed E-state index contributed by atoms with van der Waals surface area (Å²) in [5, 5.41) is 4.69. The molecule has 0 fully saturated rings. The second kappa shape index (κ2) is 8.65. The van der Waals surface area contributed by atoms with Gasteiger partial charge in [0.05, 0.1) is 18.5 Å². The van der Waals surface area contributed by atoms with E-state index < -0.39 is 17.5 Å². The third-order valence-corrected chi connectivity index (χ3v) is 5.62. The molecule has 0 saturated heterocycles. The molecule has 0 radical (unpaired) electrons. The number of rotatable bonds is 5. The molecular weight excluding hydrogens is 424 g/mol. The summed E-state index contributed by atoms with van der Waals surface area (Å²) in [5.41, 5.74) is 1.87. The molecule has 1 aliphatic heterocycles. The number of ether oxygens (including phenoxy) is 1. The third kappa shape index (κ3) is 4.31. The average Bonchev–Trinajstić information content (AvgIpc) is 3.20. The SMILES string of the molecule is COc1ccc(C2=NCC(=O)N(CC(=O)Nc3cc(F)ccc3F)c3sccc32)cc1. The van der Waals surface area contributed by atoms with Gasteiger partial charge in [-0.2, -0.15) is 0 Å². The molecule has 0 spiro atoms. The highest BCUT2D eigenvalue weighted by Gasteiger charge is 2.28. The number of methoxy groups -OCH3 is 1. The summed E-state index contributed by atoms with van der Waals surface area (Å²) in [5.74, 6) is -1.77. The maximum Gasteiger partial charge on any atom is 0.249 e. The predicted octanol–water partition coefficient (Wildman–Crippen LogP) is 3.86. The Morgan fingerprint density at radius 3 is 2.71 bits per heavy atom. The number of nitrogens with one attached hydrogen (secondary N) is 1. The van der Waals surface area contributed by atoms with Gasteiger partial charge in [-0.05, 0) is 47.8 Å². The van der Waals surface area contributed by atoms with Crippen molar-refractivity contribution in [2.24, 2.45) is 4.99 Å². The summed E-state index contributed by atoms with van der Waals surface area (Å²) in [6.07, 6.45) is 0. The maximum absolute atomic E-state index is 13.8. The predicted molar refractivity (Wildman–Crippen MR) is 115 cm³/mol. The Balaban J connectivity index is 1.59. The van der Waals surface area contributed by atoms with E-state index in [2.05, 4.69) is 10.3 Å². The largest absolute Gasteiger partial charge is 0.497 e. The lowest BCUT2D eigenvalue weighted by Crippen LogP contribution is -2.38. The summed E-state index contributed by atoms with van der Waals surface area (Å²) >= 11 is 1.30. The Bertz CT molecular complexity index is 1170. The topological polar surface area (TPSA) is 71.0 Å². The normalized spacial score (nSPS) is 13.3. The van der Waals surface area contributed by atoms with Gasteiger partial charge in [0, 0.05) is 17.2 Å². The van der Waals surface area contributed by atoms with Crippen LogP contribution in [0.5, 0.6) is 5.75 Å². The standard InChI is InChI=1S/C22H17F2N3O3S/c1-30-15-5-2-13(3-6-15)21-16-8-9-31-22(16)27(20(29)11-25-21)12-19(28)26-18-10-14(23)4-7-17(18)24/h2-10H,11-12H2,1H3,(H,26,28).